The van der Waals surface area contributed by atoms with Crippen LogP contribution in [0.15, 0.2) is 18.2 Å². The Labute approximate surface area is 100 Å². The van der Waals surface area contributed by atoms with Gasteiger partial charge < -0.3 is 5.73 Å². The van der Waals surface area contributed by atoms with Crippen LogP contribution in [-0.2, 0) is 0 Å². The summed E-state index contributed by atoms with van der Waals surface area (Å²) in [4.78, 5) is 0. The van der Waals surface area contributed by atoms with Gasteiger partial charge in [0, 0.05) is 17.7 Å². The van der Waals surface area contributed by atoms with E-state index >= 15 is 0 Å². The normalized spacial score (nSPS) is 18.2. The van der Waals surface area contributed by atoms with E-state index in [0.29, 0.717) is 11.5 Å². The van der Waals surface area contributed by atoms with Crippen LogP contribution in [0.3, 0.4) is 0 Å². The monoisotopic (exact) mass is 247 g/mol. The van der Waals surface area contributed by atoms with E-state index < -0.39 is 11.6 Å². The van der Waals surface area contributed by atoms with E-state index in [2.05, 4.69) is 0 Å². The minimum absolute atomic E-state index is 0. The fourth-order valence-corrected chi connectivity index (χ4v) is 2.34. The van der Waals surface area contributed by atoms with Gasteiger partial charge in [-0.2, -0.15) is 0 Å². The number of rotatable bonds is 2. The zero-order chi connectivity index (χ0) is 10.8. The van der Waals surface area contributed by atoms with E-state index in [0.717, 1.165) is 18.9 Å². The first-order chi connectivity index (χ1) is 7.18. The first-order valence-corrected chi connectivity index (χ1v) is 5.39. The van der Waals surface area contributed by atoms with Gasteiger partial charge in [-0.05, 0) is 24.8 Å². The minimum atomic E-state index is -0.546. The highest BCUT2D eigenvalue weighted by Gasteiger charge is 2.25. The van der Waals surface area contributed by atoms with E-state index in [4.69, 9.17) is 5.73 Å². The third kappa shape index (κ3) is 2.71. The molecule has 2 rings (SSSR count). The van der Waals surface area contributed by atoms with E-state index in [1.807, 2.05) is 0 Å². The molecule has 1 aliphatic carbocycles. The van der Waals surface area contributed by atoms with Crippen molar-refractivity contribution in [3.63, 3.8) is 0 Å². The average Bonchev–Trinajstić information content (AvgIpc) is 2.69. The lowest BCUT2D eigenvalue weighted by Gasteiger charge is -2.19. The summed E-state index contributed by atoms with van der Waals surface area (Å²) in [5.41, 5.74) is 6.44. The van der Waals surface area contributed by atoms with Gasteiger partial charge in [0.2, 0.25) is 0 Å². The second kappa shape index (κ2) is 5.60. The first kappa shape index (κ1) is 13.4. The second-order valence-corrected chi connectivity index (χ2v) is 4.24. The molecule has 0 amide bonds. The van der Waals surface area contributed by atoms with E-state index in [-0.39, 0.29) is 18.4 Å². The summed E-state index contributed by atoms with van der Waals surface area (Å²) in [7, 11) is 0. The van der Waals surface area contributed by atoms with Crippen LogP contribution in [0.25, 0.3) is 0 Å². The summed E-state index contributed by atoms with van der Waals surface area (Å²) in [5, 5.41) is 0. The van der Waals surface area contributed by atoms with Crippen molar-refractivity contribution in [1.82, 2.24) is 0 Å². The van der Waals surface area contributed by atoms with Crippen molar-refractivity contribution in [2.75, 3.05) is 0 Å². The molecule has 0 aromatic heterocycles. The summed E-state index contributed by atoms with van der Waals surface area (Å²) in [6, 6.07) is 3.36. The molecule has 0 heterocycles. The van der Waals surface area contributed by atoms with Gasteiger partial charge >= 0.3 is 0 Å². The number of hydrogen-bond donors (Lipinski definition) is 1. The molecular formula is C12H16ClF2N. The van der Waals surface area contributed by atoms with Crippen molar-refractivity contribution >= 4 is 12.4 Å². The van der Waals surface area contributed by atoms with Gasteiger partial charge in [0.15, 0.2) is 0 Å². The molecule has 1 saturated carbocycles. The number of halogens is 3. The Kier molecular flexibility index (Phi) is 4.69. The van der Waals surface area contributed by atoms with Crippen LogP contribution in [0.4, 0.5) is 8.78 Å². The Balaban J connectivity index is 0.00000128. The smallest absolute Gasteiger partial charge is 0.130 e. The maximum atomic E-state index is 13.4. The molecule has 0 aliphatic heterocycles. The fourth-order valence-electron chi connectivity index (χ4n) is 2.34. The van der Waals surface area contributed by atoms with Crippen LogP contribution < -0.4 is 5.73 Å². The summed E-state index contributed by atoms with van der Waals surface area (Å²) in [6.07, 6.45) is 4.44. The minimum Gasteiger partial charge on any atom is -0.324 e. The number of hydrogen-bond acceptors (Lipinski definition) is 1. The SMILES string of the molecule is Cl.NC(c1ccc(F)cc1F)C1CCCC1. The third-order valence-electron chi connectivity index (χ3n) is 3.23. The van der Waals surface area contributed by atoms with Crippen LogP contribution in [0.1, 0.15) is 37.3 Å². The first-order valence-electron chi connectivity index (χ1n) is 5.39. The van der Waals surface area contributed by atoms with Crippen LogP contribution in [0.5, 0.6) is 0 Å². The Bertz CT molecular complexity index is 351. The molecular weight excluding hydrogens is 232 g/mol. The highest BCUT2D eigenvalue weighted by atomic mass is 35.5. The van der Waals surface area contributed by atoms with Gasteiger partial charge in [0.25, 0.3) is 0 Å². The molecule has 0 bridgehead atoms. The molecule has 0 radical (unpaired) electrons. The van der Waals surface area contributed by atoms with E-state index in [9.17, 15) is 8.78 Å². The molecule has 16 heavy (non-hydrogen) atoms. The van der Waals surface area contributed by atoms with Gasteiger partial charge in [-0.3, -0.25) is 0 Å². The zero-order valence-electron chi connectivity index (χ0n) is 8.96. The zero-order valence-corrected chi connectivity index (χ0v) is 9.77. The van der Waals surface area contributed by atoms with Gasteiger partial charge in [-0.15, -0.1) is 12.4 Å². The van der Waals surface area contributed by atoms with E-state index in [1.54, 1.807) is 0 Å². The molecule has 4 heteroatoms. The second-order valence-electron chi connectivity index (χ2n) is 4.24. The molecule has 1 aromatic carbocycles. The average molecular weight is 248 g/mol. The largest absolute Gasteiger partial charge is 0.324 e. The number of nitrogens with two attached hydrogens (primary N) is 1. The molecule has 1 unspecified atom stereocenters. The summed E-state index contributed by atoms with van der Waals surface area (Å²) in [6.45, 7) is 0. The van der Waals surface area contributed by atoms with Crippen molar-refractivity contribution < 1.29 is 8.78 Å². The topological polar surface area (TPSA) is 26.0 Å². The molecule has 90 valence electrons. The van der Waals surface area contributed by atoms with Gasteiger partial charge in [-0.1, -0.05) is 18.9 Å². The van der Waals surface area contributed by atoms with Crippen LogP contribution in [-0.4, -0.2) is 0 Å². The van der Waals surface area contributed by atoms with Crippen molar-refractivity contribution in [2.24, 2.45) is 11.7 Å². The van der Waals surface area contributed by atoms with Crippen LogP contribution >= 0.6 is 12.4 Å². The fraction of sp³-hybridized carbons (Fsp3) is 0.500. The Morgan fingerprint density at radius 3 is 2.38 bits per heavy atom. The molecule has 1 fully saturated rings. The Morgan fingerprint density at radius 1 is 1.19 bits per heavy atom. The molecule has 2 N–H and O–H groups in total. The lowest BCUT2D eigenvalue weighted by atomic mass is 9.92. The van der Waals surface area contributed by atoms with Crippen LogP contribution in [0.2, 0.25) is 0 Å². The van der Waals surface area contributed by atoms with Gasteiger partial charge in [-0.25, -0.2) is 8.78 Å². The lowest BCUT2D eigenvalue weighted by Crippen LogP contribution is -2.20. The standard InChI is InChI=1S/C12H15F2N.ClH/c13-9-5-6-10(11(14)7-9)12(15)8-3-1-2-4-8;/h5-8,12H,1-4,15H2;1H. The Morgan fingerprint density at radius 2 is 1.81 bits per heavy atom. The maximum absolute atomic E-state index is 13.4. The van der Waals surface area contributed by atoms with Gasteiger partial charge in [0.05, 0.1) is 0 Å². The number of benzene rings is 1. The quantitative estimate of drug-likeness (QED) is 0.850. The summed E-state index contributed by atoms with van der Waals surface area (Å²) >= 11 is 0. The molecule has 1 nitrogen and oxygen atoms in total. The Hall–Kier alpha value is -0.670. The van der Waals surface area contributed by atoms with Crippen molar-refractivity contribution in [3.05, 3.63) is 35.4 Å². The molecule has 0 saturated heterocycles. The highest BCUT2D eigenvalue weighted by Crippen LogP contribution is 2.34. The lowest BCUT2D eigenvalue weighted by molar-refractivity contribution is 0.427. The van der Waals surface area contributed by atoms with E-state index in [1.165, 1.54) is 25.0 Å². The molecule has 1 aromatic rings. The van der Waals surface area contributed by atoms with Crippen LogP contribution in [0, 0.1) is 17.6 Å². The highest BCUT2D eigenvalue weighted by molar-refractivity contribution is 5.85. The van der Waals surface area contributed by atoms with Crippen molar-refractivity contribution in [3.8, 4) is 0 Å². The predicted octanol–water partition coefficient (Wildman–Crippen LogP) is 3.58. The molecule has 0 spiro atoms. The van der Waals surface area contributed by atoms with Gasteiger partial charge in [0.1, 0.15) is 11.6 Å². The maximum Gasteiger partial charge on any atom is 0.130 e. The summed E-state index contributed by atoms with van der Waals surface area (Å²) < 4.78 is 26.1. The van der Waals surface area contributed by atoms with Crippen molar-refractivity contribution in [1.29, 1.82) is 0 Å². The predicted molar refractivity (Wildman–Crippen MR) is 62.5 cm³/mol. The molecule has 1 aliphatic rings. The van der Waals surface area contributed by atoms with Crippen molar-refractivity contribution in [2.45, 2.75) is 31.7 Å². The summed E-state index contributed by atoms with van der Waals surface area (Å²) in [5.74, 6) is -0.714. The third-order valence-corrected chi connectivity index (χ3v) is 3.23. The molecule has 1 atom stereocenters.